The molecule has 1 atom stereocenters. The maximum absolute atomic E-state index is 12.4. The molecule has 0 aliphatic heterocycles. The molecule has 0 heterocycles. The standard InChI is InChI=1S/C11H13F3N/c1-3-10(15-2)8-5-4-6-9(7-8)11(12,13)14/h4-7,10,15H,1,3H2,2H3. The van der Waals surface area contributed by atoms with Crippen molar-refractivity contribution in [3.8, 4) is 0 Å². The normalized spacial score (nSPS) is 13.9. The van der Waals surface area contributed by atoms with Gasteiger partial charge in [-0.05, 0) is 31.2 Å². The van der Waals surface area contributed by atoms with Gasteiger partial charge >= 0.3 is 6.18 Å². The molecule has 0 fully saturated rings. The number of nitrogens with one attached hydrogen (secondary N) is 1. The first-order valence-electron chi connectivity index (χ1n) is 4.62. The van der Waals surface area contributed by atoms with Crippen LogP contribution in [0.2, 0.25) is 0 Å². The molecule has 1 unspecified atom stereocenters. The Morgan fingerprint density at radius 3 is 2.53 bits per heavy atom. The lowest BCUT2D eigenvalue weighted by atomic mass is 10.0. The van der Waals surface area contributed by atoms with Gasteiger partial charge in [-0.25, -0.2) is 0 Å². The van der Waals surface area contributed by atoms with Crippen molar-refractivity contribution in [2.24, 2.45) is 0 Å². The summed E-state index contributed by atoms with van der Waals surface area (Å²) in [7, 11) is 1.70. The third-order valence-corrected chi connectivity index (χ3v) is 2.25. The maximum atomic E-state index is 12.4. The van der Waals surface area contributed by atoms with Crippen molar-refractivity contribution in [2.75, 3.05) is 7.05 Å². The van der Waals surface area contributed by atoms with Gasteiger partial charge in [-0.2, -0.15) is 13.2 Å². The summed E-state index contributed by atoms with van der Waals surface area (Å²) in [5.74, 6) is 0. The largest absolute Gasteiger partial charge is 0.416 e. The lowest BCUT2D eigenvalue weighted by molar-refractivity contribution is -0.137. The molecule has 4 heteroatoms. The van der Waals surface area contributed by atoms with Crippen molar-refractivity contribution in [1.29, 1.82) is 0 Å². The monoisotopic (exact) mass is 216 g/mol. The van der Waals surface area contributed by atoms with Crippen molar-refractivity contribution in [3.05, 3.63) is 42.3 Å². The summed E-state index contributed by atoms with van der Waals surface area (Å²) < 4.78 is 37.2. The van der Waals surface area contributed by atoms with E-state index < -0.39 is 11.7 Å². The third kappa shape index (κ3) is 2.96. The Morgan fingerprint density at radius 1 is 1.40 bits per heavy atom. The van der Waals surface area contributed by atoms with E-state index in [0.29, 0.717) is 12.0 Å². The van der Waals surface area contributed by atoms with Gasteiger partial charge in [0, 0.05) is 6.04 Å². The predicted molar refractivity (Wildman–Crippen MR) is 53.2 cm³/mol. The molecule has 15 heavy (non-hydrogen) atoms. The van der Waals surface area contributed by atoms with E-state index in [0.717, 1.165) is 12.1 Å². The Morgan fingerprint density at radius 2 is 2.07 bits per heavy atom. The average molecular weight is 216 g/mol. The molecule has 0 aliphatic carbocycles. The first-order chi connectivity index (χ1) is 6.99. The van der Waals surface area contributed by atoms with Gasteiger partial charge in [0.05, 0.1) is 5.56 Å². The highest BCUT2D eigenvalue weighted by Gasteiger charge is 2.30. The van der Waals surface area contributed by atoms with Gasteiger partial charge in [-0.15, -0.1) is 0 Å². The molecule has 1 N–H and O–H groups in total. The predicted octanol–water partition coefficient (Wildman–Crippen LogP) is 3.19. The Balaban J connectivity index is 3.02. The van der Waals surface area contributed by atoms with E-state index in [-0.39, 0.29) is 6.04 Å². The highest BCUT2D eigenvalue weighted by Crippen LogP contribution is 2.31. The van der Waals surface area contributed by atoms with Gasteiger partial charge in [0.25, 0.3) is 0 Å². The summed E-state index contributed by atoms with van der Waals surface area (Å²) in [5.41, 5.74) is -0.00368. The molecule has 1 aromatic carbocycles. The molecule has 0 bridgehead atoms. The van der Waals surface area contributed by atoms with E-state index in [1.54, 1.807) is 13.1 Å². The van der Waals surface area contributed by atoms with Gasteiger partial charge in [0.15, 0.2) is 0 Å². The Bertz CT molecular complexity index is 316. The number of halogens is 3. The fourth-order valence-electron chi connectivity index (χ4n) is 1.41. The van der Waals surface area contributed by atoms with Crippen LogP contribution in [0.5, 0.6) is 0 Å². The highest BCUT2D eigenvalue weighted by molar-refractivity contribution is 5.28. The van der Waals surface area contributed by atoms with Gasteiger partial charge in [-0.3, -0.25) is 0 Å². The van der Waals surface area contributed by atoms with Gasteiger partial charge < -0.3 is 5.32 Å². The van der Waals surface area contributed by atoms with E-state index >= 15 is 0 Å². The summed E-state index contributed by atoms with van der Waals surface area (Å²) in [6, 6.07) is 5.18. The lowest BCUT2D eigenvalue weighted by Crippen LogP contribution is -2.16. The fourth-order valence-corrected chi connectivity index (χ4v) is 1.41. The second kappa shape index (κ2) is 4.66. The van der Waals surface area contributed by atoms with Crippen LogP contribution in [0.3, 0.4) is 0 Å². The number of hydrogen-bond donors (Lipinski definition) is 1. The van der Waals surface area contributed by atoms with Crippen LogP contribution in [0.25, 0.3) is 0 Å². The molecule has 0 amide bonds. The van der Waals surface area contributed by atoms with Crippen LogP contribution >= 0.6 is 0 Å². The minimum atomic E-state index is -4.28. The van der Waals surface area contributed by atoms with Crippen LogP contribution < -0.4 is 5.32 Å². The quantitative estimate of drug-likeness (QED) is 0.818. The molecule has 83 valence electrons. The van der Waals surface area contributed by atoms with Crippen molar-refractivity contribution in [3.63, 3.8) is 0 Å². The number of benzene rings is 1. The molecule has 0 aromatic heterocycles. The summed E-state index contributed by atoms with van der Waals surface area (Å²) in [6.45, 7) is 3.68. The van der Waals surface area contributed by atoms with Gasteiger partial charge in [0.2, 0.25) is 0 Å². The molecule has 0 spiro atoms. The second-order valence-electron chi connectivity index (χ2n) is 3.25. The highest BCUT2D eigenvalue weighted by atomic mass is 19.4. The van der Waals surface area contributed by atoms with Crippen LogP contribution in [-0.4, -0.2) is 7.05 Å². The van der Waals surface area contributed by atoms with Crippen LogP contribution in [0.1, 0.15) is 23.6 Å². The minimum Gasteiger partial charge on any atom is -0.313 e. The zero-order valence-corrected chi connectivity index (χ0v) is 8.43. The molecular formula is C11H13F3N. The van der Waals surface area contributed by atoms with E-state index in [4.69, 9.17) is 0 Å². The molecule has 1 aromatic rings. The topological polar surface area (TPSA) is 12.0 Å². The summed E-state index contributed by atoms with van der Waals surface area (Å²) in [5, 5.41) is 2.92. The molecule has 0 saturated carbocycles. The fraction of sp³-hybridized carbons (Fsp3) is 0.364. The third-order valence-electron chi connectivity index (χ3n) is 2.25. The summed E-state index contributed by atoms with van der Waals surface area (Å²) >= 11 is 0. The number of hydrogen-bond acceptors (Lipinski definition) is 1. The molecule has 0 aliphatic rings. The van der Waals surface area contributed by atoms with Gasteiger partial charge in [0.1, 0.15) is 0 Å². The zero-order chi connectivity index (χ0) is 11.5. The summed E-state index contributed by atoms with van der Waals surface area (Å²) in [6.07, 6.45) is -3.77. The molecule has 1 rings (SSSR count). The maximum Gasteiger partial charge on any atom is 0.416 e. The first kappa shape index (κ1) is 12.0. The molecule has 1 radical (unpaired) electrons. The smallest absolute Gasteiger partial charge is 0.313 e. The van der Waals surface area contributed by atoms with Crippen molar-refractivity contribution in [1.82, 2.24) is 5.32 Å². The van der Waals surface area contributed by atoms with Crippen molar-refractivity contribution < 1.29 is 13.2 Å². The van der Waals surface area contributed by atoms with Crippen LogP contribution in [0, 0.1) is 6.92 Å². The molecule has 1 nitrogen and oxygen atoms in total. The van der Waals surface area contributed by atoms with E-state index in [2.05, 4.69) is 12.2 Å². The lowest BCUT2D eigenvalue weighted by Gasteiger charge is -2.16. The Labute approximate surface area is 87.3 Å². The summed E-state index contributed by atoms with van der Waals surface area (Å²) in [4.78, 5) is 0. The minimum absolute atomic E-state index is 0.132. The van der Waals surface area contributed by atoms with E-state index in [1.165, 1.54) is 6.07 Å². The van der Waals surface area contributed by atoms with Crippen molar-refractivity contribution >= 4 is 0 Å². The molecular weight excluding hydrogens is 203 g/mol. The zero-order valence-electron chi connectivity index (χ0n) is 8.43. The van der Waals surface area contributed by atoms with E-state index in [1.807, 2.05) is 0 Å². The average Bonchev–Trinajstić information content (AvgIpc) is 2.19. The van der Waals surface area contributed by atoms with Crippen molar-refractivity contribution in [2.45, 2.75) is 18.6 Å². The first-order valence-corrected chi connectivity index (χ1v) is 4.62. The van der Waals surface area contributed by atoms with Crippen LogP contribution in [0.4, 0.5) is 13.2 Å². The van der Waals surface area contributed by atoms with E-state index in [9.17, 15) is 13.2 Å². The van der Waals surface area contributed by atoms with Gasteiger partial charge in [-0.1, -0.05) is 19.1 Å². The molecule has 0 saturated heterocycles. The number of rotatable bonds is 3. The Kier molecular flexibility index (Phi) is 3.74. The second-order valence-corrected chi connectivity index (χ2v) is 3.25. The Hall–Kier alpha value is -1.03. The SMILES string of the molecule is [CH2]CC(NC)c1cccc(C(F)(F)F)c1. The number of alkyl halides is 3. The van der Waals surface area contributed by atoms with Crippen LogP contribution in [0.15, 0.2) is 24.3 Å². The van der Waals surface area contributed by atoms with Crippen LogP contribution in [-0.2, 0) is 6.18 Å².